The third kappa shape index (κ3) is 4.29. The van der Waals surface area contributed by atoms with Crippen LogP contribution in [0.5, 0.6) is 0 Å². The topological polar surface area (TPSA) is 77.1 Å². The average molecular weight is 461 g/mol. The van der Waals surface area contributed by atoms with Crippen molar-refractivity contribution >= 4 is 42.6 Å². The van der Waals surface area contributed by atoms with Crippen LogP contribution >= 0.6 is 36.7 Å². The van der Waals surface area contributed by atoms with Crippen molar-refractivity contribution in [3.05, 3.63) is 81.3 Å². The number of carbonyl (C=O) groups excluding carboxylic acids is 1. The fraction of sp³-hybridized carbons (Fsp3) is 0.250. The number of carbonyl (C=O) groups is 1. The molecule has 154 valence electrons. The summed E-state index contributed by atoms with van der Waals surface area (Å²) in [4.78, 5) is 25.1. The minimum atomic E-state index is -0.536. The summed E-state index contributed by atoms with van der Waals surface area (Å²) in [6.45, 7) is 9.24. The van der Waals surface area contributed by atoms with Gasteiger partial charge in [0.1, 0.15) is 6.33 Å². The van der Waals surface area contributed by atoms with E-state index in [9.17, 15) is 4.79 Å². The van der Waals surface area contributed by atoms with Crippen LogP contribution in [0.1, 0.15) is 47.6 Å². The van der Waals surface area contributed by atoms with Gasteiger partial charge in [0.25, 0.3) is 11.4 Å². The van der Waals surface area contributed by atoms with Crippen molar-refractivity contribution in [2.75, 3.05) is 0 Å². The van der Waals surface area contributed by atoms with E-state index in [4.69, 9.17) is 29.8 Å². The van der Waals surface area contributed by atoms with Gasteiger partial charge in [-0.15, -0.1) is 0 Å². The largest absolute Gasteiger partial charge is 0.342 e. The van der Waals surface area contributed by atoms with Gasteiger partial charge in [0.15, 0.2) is 11.6 Å². The summed E-state index contributed by atoms with van der Waals surface area (Å²) >= 11 is 12.1. The maximum absolute atomic E-state index is 12.8. The molecular formula is C20H18Cl2N6OS. The highest BCUT2D eigenvalue weighted by molar-refractivity contribution is 7.59. The lowest BCUT2D eigenvalue weighted by atomic mass is 10.0. The molecule has 3 aromatic rings. The zero-order chi connectivity index (χ0) is 20.6. The second kappa shape index (κ2) is 8.64. The summed E-state index contributed by atoms with van der Waals surface area (Å²) in [5.74, 6) is 0.761. The molecule has 1 fully saturated rings. The number of hydrogen-bond donors (Lipinski definition) is 1. The summed E-state index contributed by atoms with van der Waals surface area (Å²) in [5.41, 5.74) is 0.655. The van der Waals surface area contributed by atoms with E-state index in [1.54, 1.807) is 41.9 Å². The summed E-state index contributed by atoms with van der Waals surface area (Å²) in [6, 6.07) is 8.08. The molecule has 10 heteroatoms. The van der Waals surface area contributed by atoms with Gasteiger partial charge in [-0.05, 0) is 37.3 Å². The van der Waals surface area contributed by atoms with E-state index in [0.717, 1.165) is 18.4 Å². The van der Waals surface area contributed by atoms with E-state index in [1.165, 1.54) is 12.5 Å². The lowest BCUT2D eigenvalue weighted by Gasteiger charge is -2.15. The van der Waals surface area contributed by atoms with Gasteiger partial charge in [-0.25, -0.2) is 16.5 Å². The smallest absolute Gasteiger partial charge is 0.258 e. The first kappa shape index (κ1) is 22.1. The molecule has 0 saturated heterocycles. The van der Waals surface area contributed by atoms with Crippen molar-refractivity contribution in [1.29, 1.82) is 0 Å². The number of amides is 1. The van der Waals surface area contributed by atoms with E-state index in [0.29, 0.717) is 27.3 Å². The first-order valence-corrected chi connectivity index (χ1v) is 9.70. The molecule has 4 rings (SSSR count). The van der Waals surface area contributed by atoms with Crippen molar-refractivity contribution in [2.24, 2.45) is 0 Å². The Kier molecular flexibility index (Phi) is 6.36. The first-order valence-electron chi connectivity index (χ1n) is 8.94. The van der Waals surface area contributed by atoms with Crippen molar-refractivity contribution in [1.82, 2.24) is 25.1 Å². The van der Waals surface area contributed by atoms with Gasteiger partial charge >= 0.3 is 0 Å². The maximum atomic E-state index is 12.8. The molecule has 0 spiro atoms. The van der Waals surface area contributed by atoms with E-state index in [2.05, 4.69) is 25.2 Å². The Balaban J connectivity index is 0.00000256. The van der Waals surface area contributed by atoms with Gasteiger partial charge in [0, 0.05) is 35.2 Å². The summed E-state index contributed by atoms with van der Waals surface area (Å²) < 4.78 is 1.54. The van der Waals surface area contributed by atoms with Crippen LogP contribution in [0.3, 0.4) is 0 Å². The molecule has 2 heterocycles. The molecule has 1 aromatic carbocycles. The van der Waals surface area contributed by atoms with E-state index in [1.807, 2.05) is 0 Å². The molecule has 1 amide bonds. The van der Waals surface area contributed by atoms with Gasteiger partial charge in [-0.1, -0.05) is 23.2 Å². The highest BCUT2D eigenvalue weighted by Crippen LogP contribution is 2.50. The van der Waals surface area contributed by atoms with Gasteiger partial charge in [-0.2, -0.15) is 23.3 Å². The summed E-state index contributed by atoms with van der Waals surface area (Å²) in [6.07, 6.45) is 4.49. The Hall–Kier alpha value is -2.60. The van der Waals surface area contributed by atoms with Crippen molar-refractivity contribution in [2.45, 2.75) is 31.3 Å². The first-order chi connectivity index (χ1) is 13.9. The number of benzene rings is 1. The third-order valence-corrected chi connectivity index (χ3v) is 5.31. The third-order valence-electron chi connectivity index (χ3n) is 4.87. The van der Waals surface area contributed by atoms with Gasteiger partial charge < -0.3 is 10.2 Å². The van der Waals surface area contributed by atoms with Crippen LogP contribution in [-0.4, -0.2) is 25.7 Å². The Labute approximate surface area is 190 Å². The number of pyridine rings is 1. The van der Waals surface area contributed by atoms with Crippen LogP contribution < -0.4 is 5.32 Å². The molecule has 1 aliphatic rings. The number of rotatable bonds is 5. The van der Waals surface area contributed by atoms with E-state index >= 15 is 0 Å². The fourth-order valence-corrected chi connectivity index (χ4v) is 3.48. The SMILES string of the molecule is S.[C-]#[N+]C1(c2cc(Cl)cc(C(=O)N[C@H](C)c3ncnn3-c3ccc(Cl)cn3)c2)CC1. The van der Waals surface area contributed by atoms with Crippen molar-refractivity contribution in [3.63, 3.8) is 0 Å². The number of aromatic nitrogens is 4. The molecule has 30 heavy (non-hydrogen) atoms. The van der Waals surface area contributed by atoms with Crippen LogP contribution in [0.25, 0.3) is 10.7 Å². The predicted molar refractivity (Wildman–Crippen MR) is 119 cm³/mol. The lowest BCUT2D eigenvalue weighted by Crippen LogP contribution is -2.29. The Bertz CT molecular complexity index is 1120. The van der Waals surface area contributed by atoms with Crippen LogP contribution in [0, 0.1) is 6.57 Å². The zero-order valence-electron chi connectivity index (χ0n) is 15.9. The molecular weight excluding hydrogens is 443 g/mol. The number of nitrogens with one attached hydrogen (secondary N) is 1. The van der Waals surface area contributed by atoms with Gasteiger partial charge in [0.2, 0.25) is 0 Å². The van der Waals surface area contributed by atoms with Crippen molar-refractivity contribution < 1.29 is 4.79 Å². The second-order valence-electron chi connectivity index (χ2n) is 6.93. The van der Waals surface area contributed by atoms with Gasteiger partial charge in [0.05, 0.1) is 11.1 Å². The molecule has 1 atom stereocenters. The van der Waals surface area contributed by atoms with E-state index < -0.39 is 11.6 Å². The second-order valence-corrected chi connectivity index (χ2v) is 7.80. The normalized spacial score (nSPS) is 14.9. The minimum Gasteiger partial charge on any atom is -0.342 e. The number of nitrogens with zero attached hydrogens (tertiary/aromatic N) is 5. The number of halogens is 2. The summed E-state index contributed by atoms with van der Waals surface area (Å²) in [7, 11) is 0. The molecule has 0 bridgehead atoms. The molecule has 0 radical (unpaired) electrons. The highest BCUT2D eigenvalue weighted by Gasteiger charge is 2.52. The quantitative estimate of drug-likeness (QED) is 0.569. The monoisotopic (exact) mass is 460 g/mol. The molecule has 7 nitrogen and oxygen atoms in total. The molecule has 1 saturated carbocycles. The molecule has 0 aliphatic heterocycles. The Morgan fingerprint density at radius 1 is 1.23 bits per heavy atom. The van der Waals surface area contributed by atoms with Crippen LogP contribution in [0.15, 0.2) is 42.9 Å². The van der Waals surface area contributed by atoms with Gasteiger partial charge in [-0.3, -0.25) is 4.79 Å². The highest BCUT2D eigenvalue weighted by atomic mass is 35.5. The standard InChI is InChI=1S/C20H16Cl2N6O.H2S/c1-12(18-25-11-26-28(18)17-4-3-15(21)10-24-17)27-19(29)13-7-14(9-16(22)8-13)20(23-2)5-6-20;/h3-4,7-12H,5-6H2,1H3,(H,27,29);1H2/t12-;/m1./s1. The lowest BCUT2D eigenvalue weighted by molar-refractivity contribution is 0.0937. The van der Waals surface area contributed by atoms with Crippen LogP contribution in [0.2, 0.25) is 10.0 Å². The zero-order valence-corrected chi connectivity index (χ0v) is 18.4. The van der Waals surface area contributed by atoms with E-state index in [-0.39, 0.29) is 19.4 Å². The molecule has 2 aromatic heterocycles. The molecule has 1 aliphatic carbocycles. The maximum Gasteiger partial charge on any atom is 0.258 e. The predicted octanol–water partition coefficient (Wildman–Crippen LogP) is 4.48. The Morgan fingerprint density at radius 2 is 2.00 bits per heavy atom. The molecule has 1 N–H and O–H groups in total. The van der Waals surface area contributed by atoms with Crippen LogP contribution in [-0.2, 0) is 5.54 Å². The van der Waals surface area contributed by atoms with Crippen molar-refractivity contribution in [3.8, 4) is 5.82 Å². The minimum absolute atomic E-state index is 0. The number of hydrogen-bond acceptors (Lipinski definition) is 4. The van der Waals surface area contributed by atoms with Crippen LogP contribution in [0.4, 0.5) is 0 Å². The average Bonchev–Trinajstić information content (AvgIpc) is 3.36. The Morgan fingerprint density at radius 3 is 2.63 bits per heavy atom. The molecule has 0 unspecified atom stereocenters. The fourth-order valence-electron chi connectivity index (χ4n) is 3.13. The summed E-state index contributed by atoms with van der Waals surface area (Å²) in [5, 5.41) is 8.05.